The van der Waals surface area contributed by atoms with E-state index in [0.29, 0.717) is 32.5 Å². The fourth-order valence-corrected chi connectivity index (χ4v) is 2.44. The van der Waals surface area contributed by atoms with Crippen LogP contribution >= 0.6 is 0 Å². The lowest BCUT2D eigenvalue weighted by molar-refractivity contribution is -0.138. The van der Waals surface area contributed by atoms with E-state index in [1.165, 1.54) is 0 Å². The number of benzene rings is 1. The van der Waals surface area contributed by atoms with Crippen LogP contribution in [0.1, 0.15) is 19.8 Å². The zero-order chi connectivity index (χ0) is 15.1. The number of carbonyl (C=O) groups excluding carboxylic acids is 2. The van der Waals surface area contributed by atoms with Crippen molar-refractivity contribution in [3.63, 3.8) is 0 Å². The second-order valence-corrected chi connectivity index (χ2v) is 5.15. The van der Waals surface area contributed by atoms with Crippen molar-refractivity contribution in [3.8, 4) is 0 Å². The van der Waals surface area contributed by atoms with E-state index in [-0.39, 0.29) is 24.3 Å². The largest absolute Gasteiger partial charge is 0.372 e. The molecule has 0 bridgehead atoms. The molecule has 1 aliphatic heterocycles. The minimum Gasteiger partial charge on any atom is -0.372 e. The van der Waals surface area contributed by atoms with Crippen LogP contribution in [0, 0.1) is 5.92 Å². The number of hydrogen-bond donors (Lipinski definition) is 1. The first-order valence-electron chi connectivity index (χ1n) is 7.42. The first-order valence-corrected chi connectivity index (χ1v) is 7.42. The van der Waals surface area contributed by atoms with E-state index >= 15 is 0 Å². The summed E-state index contributed by atoms with van der Waals surface area (Å²) in [5, 5.41) is 2.92. The summed E-state index contributed by atoms with van der Waals surface area (Å²) in [4.78, 5) is 25.8. The Morgan fingerprint density at radius 3 is 2.52 bits per heavy atom. The number of nitrogens with one attached hydrogen (secondary N) is 1. The van der Waals surface area contributed by atoms with Gasteiger partial charge < -0.3 is 15.0 Å². The third kappa shape index (κ3) is 4.56. The summed E-state index contributed by atoms with van der Waals surface area (Å²) in [5.74, 6) is 0.0261. The predicted molar refractivity (Wildman–Crippen MR) is 80.9 cm³/mol. The number of para-hydroxylation sites is 1. The molecule has 0 aliphatic carbocycles. The number of amides is 2. The van der Waals surface area contributed by atoms with Crippen LogP contribution in [-0.2, 0) is 14.3 Å². The van der Waals surface area contributed by atoms with E-state index in [0.717, 1.165) is 5.69 Å². The van der Waals surface area contributed by atoms with Gasteiger partial charge in [0.05, 0.1) is 0 Å². The summed E-state index contributed by atoms with van der Waals surface area (Å²) < 4.78 is 5.13. The number of piperidine rings is 1. The van der Waals surface area contributed by atoms with Gasteiger partial charge in [-0.1, -0.05) is 18.2 Å². The summed E-state index contributed by atoms with van der Waals surface area (Å²) in [5.41, 5.74) is 0.817. The minimum atomic E-state index is -0.0265. The van der Waals surface area contributed by atoms with Crippen LogP contribution in [-0.4, -0.2) is 43.0 Å². The molecule has 0 atom stereocenters. The van der Waals surface area contributed by atoms with Gasteiger partial charge in [-0.05, 0) is 31.9 Å². The zero-order valence-electron chi connectivity index (χ0n) is 12.4. The Morgan fingerprint density at radius 2 is 1.90 bits per heavy atom. The van der Waals surface area contributed by atoms with Crippen molar-refractivity contribution in [1.82, 2.24) is 4.90 Å². The Balaban J connectivity index is 1.78. The Labute approximate surface area is 125 Å². The van der Waals surface area contributed by atoms with Crippen molar-refractivity contribution in [2.75, 3.05) is 31.6 Å². The summed E-state index contributed by atoms with van der Waals surface area (Å²) in [7, 11) is 0. The van der Waals surface area contributed by atoms with Crippen molar-refractivity contribution >= 4 is 17.5 Å². The van der Waals surface area contributed by atoms with E-state index in [2.05, 4.69) is 5.32 Å². The van der Waals surface area contributed by atoms with Crippen molar-refractivity contribution in [1.29, 1.82) is 0 Å². The third-order valence-electron chi connectivity index (χ3n) is 3.69. The maximum Gasteiger partial charge on any atom is 0.248 e. The molecule has 0 saturated carbocycles. The number of anilines is 1. The molecule has 21 heavy (non-hydrogen) atoms. The molecule has 114 valence electrons. The normalized spacial score (nSPS) is 15.8. The Morgan fingerprint density at radius 1 is 1.24 bits per heavy atom. The molecule has 1 saturated heterocycles. The quantitative estimate of drug-likeness (QED) is 0.901. The molecule has 5 nitrogen and oxygen atoms in total. The van der Waals surface area contributed by atoms with Crippen molar-refractivity contribution in [2.45, 2.75) is 19.8 Å². The fraction of sp³-hybridized carbons (Fsp3) is 0.500. The Bertz CT molecular complexity index is 468. The molecule has 1 aromatic carbocycles. The molecule has 1 aliphatic rings. The number of ether oxygens (including phenoxy) is 1. The fourth-order valence-electron chi connectivity index (χ4n) is 2.44. The molecule has 1 fully saturated rings. The van der Waals surface area contributed by atoms with Gasteiger partial charge in [0.25, 0.3) is 0 Å². The van der Waals surface area contributed by atoms with Crippen LogP contribution in [0.15, 0.2) is 30.3 Å². The highest BCUT2D eigenvalue weighted by Gasteiger charge is 2.27. The highest BCUT2D eigenvalue weighted by Crippen LogP contribution is 2.19. The first-order chi connectivity index (χ1) is 10.2. The molecule has 1 heterocycles. The molecule has 0 aromatic heterocycles. The highest BCUT2D eigenvalue weighted by molar-refractivity contribution is 5.92. The maximum atomic E-state index is 12.2. The number of likely N-dealkylation sites (tertiary alicyclic amines) is 1. The highest BCUT2D eigenvalue weighted by atomic mass is 16.5. The van der Waals surface area contributed by atoms with Gasteiger partial charge in [-0.25, -0.2) is 0 Å². The lowest BCUT2D eigenvalue weighted by Crippen LogP contribution is -2.42. The van der Waals surface area contributed by atoms with Crippen LogP contribution in [0.4, 0.5) is 5.69 Å². The summed E-state index contributed by atoms with van der Waals surface area (Å²) in [6, 6.07) is 9.45. The van der Waals surface area contributed by atoms with Crippen LogP contribution in [0.2, 0.25) is 0 Å². The van der Waals surface area contributed by atoms with Gasteiger partial charge in [0, 0.05) is 31.3 Å². The summed E-state index contributed by atoms with van der Waals surface area (Å²) >= 11 is 0. The van der Waals surface area contributed by atoms with Crippen molar-refractivity contribution < 1.29 is 14.3 Å². The van der Waals surface area contributed by atoms with Crippen molar-refractivity contribution in [2.24, 2.45) is 5.92 Å². The number of nitrogens with zero attached hydrogens (tertiary/aromatic N) is 1. The molecule has 5 heteroatoms. The van der Waals surface area contributed by atoms with E-state index in [1.54, 1.807) is 4.90 Å². The minimum absolute atomic E-state index is 0.0127. The number of hydrogen-bond acceptors (Lipinski definition) is 3. The van der Waals surface area contributed by atoms with E-state index in [9.17, 15) is 9.59 Å². The van der Waals surface area contributed by atoms with Crippen LogP contribution in [0.25, 0.3) is 0 Å². The maximum absolute atomic E-state index is 12.2. The smallest absolute Gasteiger partial charge is 0.248 e. The lowest BCUT2D eigenvalue weighted by atomic mass is 9.95. The second-order valence-electron chi connectivity index (χ2n) is 5.15. The molecular formula is C16H22N2O3. The molecule has 2 amide bonds. The molecule has 0 radical (unpaired) electrons. The SMILES string of the molecule is CCOCC(=O)N1CCC(C(=O)Nc2ccccc2)CC1. The van der Waals surface area contributed by atoms with Crippen molar-refractivity contribution in [3.05, 3.63) is 30.3 Å². The van der Waals surface area contributed by atoms with Gasteiger partial charge >= 0.3 is 0 Å². The molecular weight excluding hydrogens is 268 g/mol. The molecule has 0 unspecified atom stereocenters. The van der Waals surface area contributed by atoms with Gasteiger partial charge in [-0.15, -0.1) is 0 Å². The average molecular weight is 290 g/mol. The van der Waals surface area contributed by atoms with Gasteiger partial charge in [-0.3, -0.25) is 9.59 Å². The van der Waals surface area contributed by atoms with Gasteiger partial charge in [0.2, 0.25) is 11.8 Å². The van der Waals surface area contributed by atoms with Crippen LogP contribution in [0.3, 0.4) is 0 Å². The van der Waals surface area contributed by atoms with Crippen LogP contribution < -0.4 is 5.32 Å². The standard InChI is InChI=1S/C16H22N2O3/c1-2-21-12-15(19)18-10-8-13(9-11-18)16(20)17-14-6-4-3-5-7-14/h3-7,13H,2,8-12H2,1H3,(H,17,20). The molecule has 1 aromatic rings. The Hall–Kier alpha value is -1.88. The predicted octanol–water partition coefficient (Wildman–Crippen LogP) is 1.90. The summed E-state index contributed by atoms with van der Waals surface area (Å²) in [6.07, 6.45) is 1.41. The number of carbonyl (C=O) groups is 2. The first kappa shape index (κ1) is 15.5. The Kier molecular flexibility index (Phi) is 5.75. The van der Waals surface area contributed by atoms with E-state index in [4.69, 9.17) is 4.74 Å². The van der Waals surface area contributed by atoms with Crippen LogP contribution in [0.5, 0.6) is 0 Å². The lowest BCUT2D eigenvalue weighted by Gasteiger charge is -2.31. The third-order valence-corrected chi connectivity index (χ3v) is 3.69. The number of rotatable bonds is 5. The monoisotopic (exact) mass is 290 g/mol. The zero-order valence-corrected chi connectivity index (χ0v) is 12.4. The second kappa shape index (κ2) is 7.78. The van der Waals surface area contributed by atoms with E-state index < -0.39 is 0 Å². The van der Waals surface area contributed by atoms with Gasteiger partial charge in [-0.2, -0.15) is 0 Å². The van der Waals surface area contributed by atoms with Gasteiger partial charge in [0.15, 0.2) is 0 Å². The summed E-state index contributed by atoms with van der Waals surface area (Å²) in [6.45, 7) is 3.80. The average Bonchev–Trinajstić information content (AvgIpc) is 2.53. The molecule has 1 N–H and O–H groups in total. The van der Waals surface area contributed by atoms with Gasteiger partial charge in [0.1, 0.15) is 6.61 Å². The van der Waals surface area contributed by atoms with E-state index in [1.807, 2.05) is 37.3 Å². The topological polar surface area (TPSA) is 58.6 Å². The molecule has 0 spiro atoms. The molecule has 2 rings (SSSR count).